The number of likely N-dealkylation sites (tertiary alicyclic amines) is 1. The first-order chi connectivity index (χ1) is 9.72. The average molecular weight is 273 g/mol. The minimum atomic E-state index is 0.508. The zero-order valence-electron chi connectivity index (χ0n) is 12.4. The number of hydrogen-bond acceptors (Lipinski definition) is 2. The fourth-order valence-electron chi connectivity index (χ4n) is 2.96. The smallest absolute Gasteiger partial charge is 0.104 e. The Hall–Kier alpha value is -1.37. The van der Waals surface area contributed by atoms with Crippen molar-refractivity contribution in [2.45, 2.75) is 25.8 Å². The molecule has 0 aliphatic carbocycles. The summed E-state index contributed by atoms with van der Waals surface area (Å²) in [4.78, 5) is 0. The highest BCUT2D eigenvalue weighted by atomic mass is 16.5. The maximum Gasteiger partial charge on any atom is 0.104 e. The van der Waals surface area contributed by atoms with E-state index in [-0.39, 0.29) is 0 Å². The molecule has 20 heavy (non-hydrogen) atoms. The van der Waals surface area contributed by atoms with Gasteiger partial charge in [-0.1, -0.05) is 30.3 Å². The van der Waals surface area contributed by atoms with Crippen molar-refractivity contribution >= 4 is 0 Å². The summed E-state index contributed by atoms with van der Waals surface area (Å²) in [5.74, 6) is 0.677. The molecular formula is C17H25N2O+. The molecule has 0 radical (unpaired) electrons. The number of hydrogen-bond donors (Lipinski definition) is 0. The molecule has 1 fully saturated rings. The first-order valence-corrected chi connectivity index (χ1v) is 7.54. The predicted octanol–water partition coefficient (Wildman–Crippen LogP) is 2.97. The van der Waals surface area contributed by atoms with Gasteiger partial charge >= 0.3 is 0 Å². The van der Waals surface area contributed by atoms with Gasteiger partial charge < -0.3 is 9.22 Å². The molecule has 0 spiro atoms. The van der Waals surface area contributed by atoms with Crippen molar-refractivity contribution in [1.29, 1.82) is 5.26 Å². The Labute approximate surface area is 122 Å². The number of nitrogens with zero attached hydrogens (tertiary/aromatic N) is 2. The van der Waals surface area contributed by atoms with Gasteiger partial charge in [-0.15, -0.1) is 0 Å². The van der Waals surface area contributed by atoms with Crippen molar-refractivity contribution in [3.63, 3.8) is 0 Å². The summed E-state index contributed by atoms with van der Waals surface area (Å²) < 4.78 is 6.71. The largest absolute Gasteiger partial charge is 0.380 e. The lowest BCUT2D eigenvalue weighted by atomic mass is 9.95. The highest BCUT2D eigenvalue weighted by Crippen LogP contribution is 2.24. The van der Waals surface area contributed by atoms with Crippen molar-refractivity contribution in [3.05, 3.63) is 35.9 Å². The Bertz CT molecular complexity index is 430. The standard InChI is InChI=1S/C17H25N2O/c1-19(14-16-6-3-2-4-7-16)11-8-17(9-12-19)15-20-13-5-10-18/h2-4,6-7,17H,5,8-9,11-15H2,1H3/q+1. The summed E-state index contributed by atoms with van der Waals surface area (Å²) in [6.07, 6.45) is 2.97. The van der Waals surface area contributed by atoms with E-state index in [1.807, 2.05) is 0 Å². The van der Waals surface area contributed by atoms with E-state index in [1.165, 1.54) is 31.5 Å². The van der Waals surface area contributed by atoms with Crippen LogP contribution in [0.2, 0.25) is 0 Å². The van der Waals surface area contributed by atoms with E-state index in [9.17, 15) is 0 Å². The van der Waals surface area contributed by atoms with Crippen LogP contribution in [0.25, 0.3) is 0 Å². The Morgan fingerprint density at radius 3 is 2.60 bits per heavy atom. The number of ether oxygens (including phenoxy) is 1. The van der Waals surface area contributed by atoms with Crippen LogP contribution < -0.4 is 0 Å². The van der Waals surface area contributed by atoms with Gasteiger partial charge in [-0.2, -0.15) is 5.26 Å². The van der Waals surface area contributed by atoms with Crippen LogP contribution in [0, 0.1) is 17.2 Å². The summed E-state index contributed by atoms with van der Waals surface area (Å²) in [5.41, 5.74) is 1.43. The predicted molar refractivity (Wildman–Crippen MR) is 79.8 cm³/mol. The van der Waals surface area contributed by atoms with Crippen LogP contribution in [0.1, 0.15) is 24.8 Å². The third-order valence-corrected chi connectivity index (χ3v) is 4.27. The Balaban J connectivity index is 1.74. The van der Waals surface area contributed by atoms with Gasteiger partial charge in [0, 0.05) is 25.0 Å². The molecule has 1 aromatic rings. The maximum absolute atomic E-state index is 8.48. The van der Waals surface area contributed by atoms with Gasteiger partial charge in [0.25, 0.3) is 0 Å². The third-order valence-electron chi connectivity index (χ3n) is 4.27. The molecule has 0 atom stereocenters. The van der Waals surface area contributed by atoms with Crippen LogP contribution >= 0.6 is 0 Å². The fraction of sp³-hybridized carbons (Fsp3) is 0.588. The highest BCUT2D eigenvalue weighted by Gasteiger charge is 2.30. The fourth-order valence-corrected chi connectivity index (χ4v) is 2.96. The van der Waals surface area contributed by atoms with Crippen LogP contribution in [-0.4, -0.2) is 37.8 Å². The van der Waals surface area contributed by atoms with E-state index in [1.54, 1.807) is 0 Å². The second-order valence-electron chi connectivity index (χ2n) is 6.14. The van der Waals surface area contributed by atoms with Crippen LogP contribution in [-0.2, 0) is 11.3 Å². The molecule has 1 aliphatic rings. The SMILES string of the molecule is C[N+]1(Cc2ccccc2)CCC(COCCC#N)CC1. The van der Waals surface area contributed by atoms with E-state index in [4.69, 9.17) is 10.00 Å². The normalized spacial score (nSPS) is 26.1. The number of quaternary nitrogens is 1. The molecule has 1 aliphatic heterocycles. The molecule has 0 N–H and O–H groups in total. The molecule has 1 saturated heterocycles. The second kappa shape index (κ2) is 7.42. The first-order valence-electron chi connectivity index (χ1n) is 7.54. The number of nitriles is 1. The van der Waals surface area contributed by atoms with E-state index in [0.717, 1.165) is 17.6 Å². The molecule has 0 aromatic heterocycles. The van der Waals surface area contributed by atoms with Gasteiger partial charge in [-0.3, -0.25) is 0 Å². The number of piperidine rings is 1. The lowest BCUT2D eigenvalue weighted by Crippen LogP contribution is -2.49. The van der Waals surface area contributed by atoms with Gasteiger partial charge in [0.1, 0.15) is 6.54 Å². The van der Waals surface area contributed by atoms with Gasteiger partial charge in [0.15, 0.2) is 0 Å². The summed E-state index contributed by atoms with van der Waals surface area (Å²) in [6, 6.07) is 12.9. The molecule has 0 saturated carbocycles. The minimum absolute atomic E-state index is 0.508. The molecule has 1 aromatic carbocycles. The quantitative estimate of drug-likeness (QED) is 0.589. The Kier molecular flexibility index (Phi) is 5.58. The molecular weight excluding hydrogens is 248 g/mol. The van der Waals surface area contributed by atoms with Crippen molar-refractivity contribution in [3.8, 4) is 6.07 Å². The summed E-state index contributed by atoms with van der Waals surface area (Å²) in [6.45, 7) is 4.99. The topological polar surface area (TPSA) is 33.0 Å². The first kappa shape index (κ1) is 15.0. The second-order valence-corrected chi connectivity index (χ2v) is 6.14. The van der Waals surface area contributed by atoms with Gasteiger partial charge in [-0.05, 0) is 5.92 Å². The molecule has 1 heterocycles. The summed E-state index contributed by atoms with van der Waals surface area (Å²) in [5, 5.41) is 8.48. The summed E-state index contributed by atoms with van der Waals surface area (Å²) >= 11 is 0. The maximum atomic E-state index is 8.48. The molecule has 3 heteroatoms. The van der Waals surface area contributed by atoms with E-state index < -0.39 is 0 Å². The van der Waals surface area contributed by atoms with E-state index in [0.29, 0.717) is 18.9 Å². The molecule has 3 nitrogen and oxygen atoms in total. The zero-order valence-corrected chi connectivity index (χ0v) is 12.4. The van der Waals surface area contributed by atoms with Crippen LogP contribution in [0.4, 0.5) is 0 Å². The Morgan fingerprint density at radius 1 is 1.25 bits per heavy atom. The summed E-state index contributed by atoms with van der Waals surface area (Å²) in [7, 11) is 2.36. The van der Waals surface area contributed by atoms with E-state index in [2.05, 4.69) is 43.4 Å². The van der Waals surface area contributed by atoms with Gasteiger partial charge in [-0.25, -0.2) is 0 Å². The highest BCUT2D eigenvalue weighted by molar-refractivity contribution is 5.13. The van der Waals surface area contributed by atoms with Gasteiger partial charge in [0.05, 0.1) is 39.2 Å². The molecule has 108 valence electrons. The van der Waals surface area contributed by atoms with Crippen molar-refractivity contribution in [2.24, 2.45) is 5.92 Å². The average Bonchev–Trinajstić information content (AvgIpc) is 2.46. The van der Waals surface area contributed by atoms with Crippen molar-refractivity contribution in [2.75, 3.05) is 33.4 Å². The molecule has 0 bridgehead atoms. The monoisotopic (exact) mass is 273 g/mol. The minimum Gasteiger partial charge on any atom is -0.380 e. The molecule has 0 amide bonds. The number of rotatable bonds is 6. The lowest BCUT2D eigenvalue weighted by molar-refractivity contribution is -0.928. The number of benzene rings is 1. The van der Waals surface area contributed by atoms with Crippen molar-refractivity contribution in [1.82, 2.24) is 0 Å². The zero-order chi connectivity index (χ0) is 14.3. The van der Waals surface area contributed by atoms with E-state index >= 15 is 0 Å². The third kappa shape index (κ3) is 4.63. The van der Waals surface area contributed by atoms with Crippen LogP contribution in [0.5, 0.6) is 0 Å². The Morgan fingerprint density at radius 2 is 1.95 bits per heavy atom. The van der Waals surface area contributed by atoms with Crippen LogP contribution in [0.3, 0.4) is 0 Å². The van der Waals surface area contributed by atoms with Gasteiger partial charge in [0.2, 0.25) is 0 Å². The molecule has 2 rings (SSSR count). The lowest BCUT2D eigenvalue weighted by Gasteiger charge is -2.40. The molecule has 0 unspecified atom stereocenters. The van der Waals surface area contributed by atoms with Crippen molar-refractivity contribution < 1.29 is 9.22 Å². The van der Waals surface area contributed by atoms with Crippen LogP contribution in [0.15, 0.2) is 30.3 Å².